The highest BCUT2D eigenvalue weighted by Gasteiger charge is 2.14. The molecule has 1 amide bonds. The Bertz CT molecular complexity index is 591. The predicted molar refractivity (Wildman–Crippen MR) is 68.3 cm³/mol. The third kappa shape index (κ3) is 3.60. The Kier molecular flexibility index (Phi) is 4.40. The second-order valence-corrected chi connectivity index (χ2v) is 4.29. The summed E-state index contributed by atoms with van der Waals surface area (Å²) >= 11 is 0. The van der Waals surface area contributed by atoms with Gasteiger partial charge in [0, 0.05) is 24.2 Å². The smallest absolute Gasteiger partial charge is 0.224 e. The van der Waals surface area contributed by atoms with E-state index in [1.807, 2.05) is 30.3 Å². The summed E-state index contributed by atoms with van der Waals surface area (Å²) in [6.45, 7) is 0.268. The molecule has 0 saturated heterocycles. The second kappa shape index (κ2) is 6.23. The van der Waals surface area contributed by atoms with Crippen LogP contribution in [-0.2, 0) is 17.8 Å². The molecule has 2 aromatic rings. The number of amides is 1. The summed E-state index contributed by atoms with van der Waals surface area (Å²) in [5.74, 6) is -3.65. The first kappa shape index (κ1) is 14.1. The molecule has 0 fully saturated rings. The molecular formula is C15H12F3NO. The van der Waals surface area contributed by atoms with Crippen LogP contribution in [0.2, 0.25) is 0 Å². The zero-order valence-electron chi connectivity index (χ0n) is 10.5. The van der Waals surface area contributed by atoms with Crippen LogP contribution in [0, 0.1) is 17.5 Å². The number of rotatable bonds is 4. The minimum absolute atomic E-state index is 0.268. The molecule has 104 valence electrons. The highest BCUT2D eigenvalue weighted by atomic mass is 19.1. The van der Waals surface area contributed by atoms with Gasteiger partial charge in [0.05, 0.1) is 6.42 Å². The fourth-order valence-electron chi connectivity index (χ4n) is 1.76. The molecule has 0 aliphatic carbocycles. The average Bonchev–Trinajstić information content (AvgIpc) is 2.42. The number of nitrogens with one attached hydrogen (secondary N) is 1. The number of carbonyl (C=O) groups excluding carboxylic acids is 1. The number of carbonyl (C=O) groups is 1. The van der Waals surface area contributed by atoms with E-state index in [2.05, 4.69) is 5.32 Å². The molecule has 0 radical (unpaired) electrons. The van der Waals surface area contributed by atoms with Crippen LogP contribution in [-0.4, -0.2) is 5.91 Å². The average molecular weight is 279 g/mol. The van der Waals surface area contributed by atoms with E-state index in [1.165, 1.54) is 0 Å². The van der Waals surface area contributed by atoms with Crippen LogP contribution < -0.4 is 5.32 Å². The van der Waals surface area contributed by atoms with Crippen molar-refractivity contribution in [2.45, 2.75) is 13.0 Å². The normalized spacial score (nSPS) is 10.3. The Morgan fingerprint density at radius 1 is 1.00 bits per heavy atom. The fourth-order valence-corrected chi connectivity index (χ4v) is 1.76. The van der Waals surface area contributed by atoms with Crippen LogP contribution in [0.3, 0.4) is 0 Å². The zero-order valence-corrected chi connectivity index (χ0v) is 10.5. The van der Waals surface area contributed by atoms with Crippen LogP contribution >= 0.6 is 0 Å². The summed E-state index contributed by atoms with van der Waals surface area (Å²) in [4.78, 5) is 11.6. The van der Waals surface area contributed by atoms with Gasteiger partial charge in [0.15, 0.2) is 0 Å². The van der Waals surface area contributed by atoms with E-state index in [9.17, 15) is 18.0 Å². The van der Waals surface area contributed by atoms with Crippen LogP contribution in [0.5, 0.6) is 0 Å². The number of hydrogen-bond acceptors (Lipinski definition) is 1. The van der Waals surface area contributed by atoms with Crippen molar-refractivity contribution >= 4 is 5.91 Å². The van der Waals surface area contributed by atoms with E-state index in [4.69, 9.17) is 0 Å². The molecule has 20 heavy (non-hydrogen) atoms. The van der Waals surface area contributed by atoms with E-state index in [-0.39, 0.29) is 6.54 Å². The number of hydrogen-bond donors (Lipinski definition) is 1. The van der Waals surface area contributed by atoms with Crippen molar-refractivity contribution in [1.82, 2.24) is 5.32 Å². The summed E-state index contributed by atoms with van der Waals surface area (Å²) < 4.78 is 39.5. The Hall–Kier alpha value is -2.30. The predicted octanol–water partition coefficient (Wildman–Crippen LogP) is 2.96. The van der Waals surface area contributed by atoms with Crippen molar-refractivity contribution in [3.63, 3.8) is 0 Å². The zero-order chi connectivity index (χ0) is 14.5. The number of benzene rings is 2. The maximum Gasteiger partial charge on any atom is 0.224 e. The summed E-state index contributed by atoms with van der Waals surface area (Å²) in [6, 6.07) is 10.2. The highest BCUT2D eigenvalue weighted by Crippen LogP contribution is 2.15. The summed E-state index contributed by atoms with van der Waals surface area (Å²) in [6.07, 6.45) is -0.467. The molecule has 0 aliphatic heterocycles. The molecule has 0 unspecified atom stereocenters. The minimum atomic E-state index is -1.06. The summed E-state index contributed by atoms with van der Waals surface area (Å²) in [5, 5.41) is 2.55. The first-order chi connectivity index (χ1) is 9.56. The molecule has 0 atom stereocenters. The number of halogens is 3. The molecule has 1 N–H and O–H groups in total. The van der Waals surface area contributed by atoms with Crippen molar-refractivity contribution in [1.29, 1.82) is 0 Å². The lowest BCUT2D eigenvalue weighted by Gasteiger charge is -2.07. The van der Waals surface area contributed by atoms with E-state index in [0.717, 1.165) is 5.56 Å². The summed E-state index contributed by atoms with van der Waals surface area (Å²) in [5.41, 5.74) is 0.442. The quantitative estimate of drug-likeness (QED) is 0.916. The molecule has 2 aromatic carbocycles. The monoisotopic (exact) mass is 279 g/mol. The standard InChI is InChI=1S/C15H12F3NO/c16-11-6-13(17)12(14(18)7-11)8-15(20)19-9-10-4-2-1-3-5-10/h1-7H,8-9H2,(H,19,20). The molecule has 0 saturated carbocycles. The van der Waals surface area contributed by atoms with Crippen molar-refractivity contribution < 1.29 is 18.0 Å². The maximum atomic E-state index is 13.4. The third-order valence-corrected chi connectivity index (χ3v) is 2.78. The van der Waals surface area contributed by atoms with Crippen molar-refractivity contribution in [3.05, 3.63) is 71.0 Å². The maximum absolute atomic E-state index is 13.4. The Labute approximate surface area is 114 Å². The molecular weight excluding hydrogens is 267 g/mol. The Morgan fingerprint density at radius 3 is 2.20 bits per heavy atom. The van der Waals surface area contributed by atoms with Gasteiger partial charge in [-0.1, -0.05) is 30.3 Å². The van der Waals surface area contributed by atoms with Gasteiger partial charge >= 0.3 is 0 Å². The summed E-state index contributed by atoms with van der Waals surface area (Å²) in [7, 11) is 0. The van der Waals surface area contributed by atoms with E-state index in [0.29, 0.717) is 12.1 Å². The van der Waals surface area contributed by atoms with Gasteiger partial charge in [-0.25, -0.2) is 13.2 Å². The van der Waals surface area contributed by atoms with E-state index in [1.54, 1.807) is 0 Å². The van der Waals surface area contributed by atoms with Crippen LogP contribution in [0.4, 0.5) is 13.2 Å². The van der Waals surface area contributed by atoms with Crippen LogP contribution in [0.1, 0.15) is 11.1 Å². The molecule has 0 heterocycles. The Morgan fingerprint density at radius 2 is 1.60 bits per heavy atom. The first-order valence-electron chi connectivity index (χ1n) is 6.00. The van der Waals surface area contributed by atoms with Gasteiger partial charge in [-0.2, -0.15) is 0 Å². The van der Waals surface area contributed by atoms with Crippen LogP contribution in [0.15, 0.2) is 42.5 Å². The van der Waals surface area contributed by atoms with Gasteiger partial charge in [0.1, 0.15) is 17.5 Å². The van der Waals surface area contributed by atoms with E-state index >= 15 is 0 Å². The molecule has 5 heteroatoms. The van der Waals surface area contributed by atoms with E-state index < -0.39 is 35.3 Å². The second-order valence-electron chi connectivity index (χ2n) is 4.29. The molecule has 0 aliphatic rings. The molecule has 2 rings (SSSR count). The molecule has 0 aromatic heterocycles. The largest absolute Gasteiger partial charge is 0.352 e. The lowest BCUT2D eigenvalue weighted by atomic mass is 10.1. The van der Waals surface area contributed by atoms with Crippen molar-refractivity contribution in [2.75, 3.05) is 0 Å². The van der Waals surface area contributed by atoms with Crippen molar-refractivity contribution in [3.8, 4) is 0 Å². The molecule has 0 spiro atoms. The van der Waals surface area contributed by atoms with Gasteiger partial charge in [0.2, 0.25) is 5.91 Å². The highest BCUT2D eigenvalue weighted by molar-refractivity contribution is 5.78. The lowest BCUT2D eigenvalue weighted by Crippen LogP contribution is -2.25. The third-order valence-electron chi connectivity index (χ3n) is 2.78. The van der Waals surface area contributed by atoms with Gasteiger partial charge in [-0.15, -0.1) is 0 Å². The van der Waals surface area contributed by atoms with Crippen molar-refractivity contribution in [2.24, 2.45) is 0 Å². The SMILES string of the molecule is O=C(Cc1c(F)cc(F)cc1F)NCc1ccccc1. The molecule has 0 bridgehead atoms. The lowest BCUT2D eigenvalue weighted by molar-refractivity contribution is -0.120. The van der Waals surface area contributed by atoms with Gasteiger partial charge in [-0.3, -0.25) is 4.79 Å². The first-order valence-corrected chi connectivity index (χ1v) is 6.00. The van der Waals surface area contributed by atoms with Gasteiger partial charge in [0.25, 0.3) is 0 Å². The van der Waals surface area contributed by atoms with Gasteiger partial charge in [-0.05, 0) is 5.56 Å². The molecule has 2 nitrogen and oxygen atoms in total. The Balaban J connectivity index is 1.98. The topological polar surface area (TPSA) is 29.1 Å². The van der Waals surface area contributed by atoms with Gasteiger partial charge < -0.3 is 5.32 Å². The van der Waals surface area contributed by atoms with Crippen LogP contribution in [0.25, 0.3) is 0 Å². The minimum Gasteiger partial charge on any atom is -0.352 e. The fraction of sp³-hybridized carbons (Fsp3) is 0.133.